The molecule has 0 saturated heterocycles. The largest absolute Gasteiger partial charge is 0.478 e. The van der Waals surface area contributed by atoms with Crippen LogP contribution < -0.4 is 15.6 Å². The van der Waals surface area contributed by atoms with E-state index in [1.54, 1.807) is 18.2 Å². The van der Waals surface area contributed by atoms with Gasteiger partial charge in [-0.1, -0.05) is 32.3 Å². The summed E-state index contributed by atoms with van der Waals surface area (Å²) < 4.78 is 5.29. The van der Waals surface area contributed by atoms with Crippen molar-refractivity contribution in [1.82, 2.24) is 15.5 Å². The number of carbonyl (C=O) groups is 2. The van der Waals surface area contributed by atoms with Crippen LogP contribution in [0.1, 0.15) is 39.5 Å². The second-order valence-electron chi connectivity index (χ2n) is 5.33. The van der Waals surface area contributed by atoms with Gasteiger partial charge in [-0.3, -0.25) is 25.6 Å². The number of anilines is 1. The molecule has 134 valence electrons. The zero-order valence-electron chi connectivity index (χ0n) is 14.2. The SMILES string of the molecule is CCCCC[C@H](CN(O)C=O)C(=O)NNc1cccc(OCC)n1. The molecule has 0 bridgehead atoms. The maximum absolute atomic E-state index is 12.3. The molecule has 2 amide bonds. The monoisotopic (exact) mass is 338 g/mol. The predicted molar refractivity (Wildman–Crippen MR) is 89.4 cm³/mol. The van der Waals surface area contributed by atoms with Gasteiger partial charge in [0.25, 0.3) is 0 Å². The average Bonchev–Trinajstić information content (AvgIpc) is 2.59. The van der Waals surface area contributed by atoms with E-state index in [-0.39, 0.29) is 12.5 Å². The minimum absolute atomic E-state index is 0.0485. The zero-order valence-corrected chi connectivity index (χ0v) is 14.2. The van der Waals surface area contributed by atoms with Crippen LogP contribution in [0.25, 0.3) is 0 Å². The molecule has 0 aliphatic carbocycles. The fraction of sp³-hybridized carbons (Fsp3) is 0.562. The Hall–Kier alpha value is -2.35. The van der Waals surface area contributed by atoms with Gasteiger partial charge in [-0.2, -0.15) is 4.98 Å². The molecular formula is C16H26N4O4. The molecule has 0 spiro atoms. The molecule has 0 saturated carbocycles. The first kappa shape index (κ1) is 19.7. The van der Waals surface area contributed by atoms with Crippen molar-refractivity contribution in [2.45, 2.75) is 39.5 Å². The molecule has 1 rings (SSSR count). The van der Waals surface area contributed by atoms with Gasteiger partial charge >= 0.3 is 0 Å². The summed E-state index contributed by atoms with van der Waals surface area (Å²) in [5.41, 5.74) is 5.29. The lowest BCUT2D eigenvalue weighted by molar-refractivity contribution is -0.154. The number of amides is 2. The van der Waals surface area contributed by atoms with Crippen LogP contribution in [0.2, 0.25) is 0 Å². The first-order chi connectivity index (χ1) is 11.6. The Morgan fingerprint density at radius 2 is 2.21 bits per heavy atom. The Bertz CT molecular complexity index is 513. The van der Waals surface area contributed by atoms with Gasteiger partial charge in [-0.25, -0.2) is 5.06 Å². The van der Waals surface area contributed by atoms with E-state index in [1.807, 2.05) is 6.92 Å². The van der Waals surface area contributed by atoms with E-state index in [2.05, 4.69) is 22.8 Å². The van der Waals surface area contributed by atoms with Crippen molar-refractivity contribution in [3.05, 3.63) is 18.2 Å². The molecule has 0 aromatic carbocycles. The lowest BCUT2D eigenvalue weighted by atomic mass is 10.0. The van der Waals surface area contributed by atoms with E-state index in [0.29, 0.717) is 36.2 Å². The number of hydrogen-bond acceptors (Lipinski definition) is 6. The molecule has 0 aliphatic rings. The summed E-state index contributed by atoms with van der Waals surface area (Å²) in [4.78, 5) is 27.0. The third kappa shape index (κ3) is 7.28. The maximum atomic E-state index is 12.3. The van der Waals surface area contributed by atoms with Crippen molar-refractivity contribution in [1.29, 1.82) is 0 Å². The van der Waals surface area contributed by atoms with Gasteiger partial charge in [0.2, 0.25) is 18.2 Å². The van der Waals surface area contributed by atoms with Crippen LogP contribution in [0, 0.1) is 5.92 Å². The van der Waals surface area contributed by atoms with E-state index < -0.39 is 5.92 Å². The fourth-order valence-electron chi connectivity index (χ4n) is 2.16. The van der Waals surface area contributed by atoms with Crippen molar-refractivity contribution in [3.63, 3.8) is 0 Å². The third-order valence-electron chi connectivity index (χ3n) is 3.39. The average molecular weight is 338 g/mol. The van der Waals surface area contributed by atoms with Crippen molar-refractivity contribution >= 4 is 18.1 Å². The Morgan fingerprint density at radius 3 is 2.88 bits per heavy atom. The number of nitrogens with one attached hydrogen (secondary N) is 2. The summed E-state index contributed by atoms with van der Waals surface area (Å²) in [7, 11) is 0. The standard InChI is InChI=1S/C16H26N4O4/c1-3-5-6-8-13(11-20(23)12-21)16(22)19-18-14-9-7-10-15(17-14)24-4-2/h7,9-10,12-13,23H,3-6,8,11H2,1-2H3,(H,17,18)(H,19,22)/t13-/m1/s1. The molecular weight excluding hydrogens is 312 g/mol. The normalized spacial score (nSPS) is 11.5. The molecule has 1 aromatic heterocycles. The van der Waals surface area contributed by atoms with E-state index in [9.17, 15) is 14.8 Å². The van der Waals surface area contributed by atoms with Gasteiger partial charge in [0, 0.05) is 6.07 Å². The smallest absolute Gasteiger partial charge is 0.243 e. The molecule has 1 aromatic rings. The zero-order chi connectivity index (χ0) is 17.8. The van der Waals surface area contributed by atoms with E-state index in [0.717, 1.165) is 19.3 Å². The molecule has 0 aliphatic heterocycles. The summed E-state index contributed by atoms with van der Waals surface area (Å²) in [6, 6.07) is 5.17. The number of ether oxygens (including phenoxy) is 1. The van der Waals surface area contributed by atoms with E-state index in [1.165, 1.54) is 0 Å². The van der Waals surface area contributed by atoms with Crippen molar-refractivity contribution in [2.24, 2.45) is 5.92 Å². The second-order valence-corrected chi connectivity index (χ2v) is 5.33. The Morgan fingerprint density at radius 1 is 1.42 bits per heavy atom. The van der Waals surface area contributed by atoms with Crippen LogP contribution in [-0.4, -0.2) is 40.7 Å². The first-order valence-electron chi connectivity index (χ1n) is 8.17. The van der Waals surface area contributed by atoms with Crippen LogP contribution in [0.15, 0.2) is 18.2 Å². The topological polar surface area (TPSA) is 104 Å². The number of hydroxylamine groups is 2. The molecule has 0 fully saturated rings. The van der Waals surface area contributed by atoms with Gasteiger partial charge in [0.05, 0.1) is 19.1 Å². The highest BCUT2D eigenvalue weighted by Gasteiger charge is 2.20. The summed E-state index contributed by atoms with van der Waals surface area (Å²) in [5.74, 6) is 0.0847. The van der Waals surface area contributed by atoms with Crippen LogP contribution >= 0.6 is 0 Å². The lowest BCUT2D eigenvalue weighted by Gasteiger charge is -2.20. The quantitative estimate of drug-likeness (QED) is 0.233. The number of rotatable bonds is 12. The maximum Gasteiger partial charge on any atom is 0.243 e. The number of unbranched alkanes of at least 4 members (excludes halogenated alkanes) is 2. The van der Waals surface area contributed by atoms with Gasteiger partial charge in [-0.05, 0) is 19.4 Å². The highest BCUT2D eigenvalue weighted by Crippen LogP contribution is 2.13. The van der Waals surface area contributed by atoms with E-state index in [4.69, 9.17) is 4.74 Å². The highest BCUT2D eigenvalue weighted by molar-refractivity contribution is 5.80. The number of nitrogens with zero attached hydrogens (tertiary/aromatic N) is 2. The van der Waals surface area contributed by atoms with Crippen LogP contribution in [0.5, 0.6) is 5.88 Å². The first-order valence-corrected chi connectivity index (χ1v) is 8.17. The predicted octanol–water partition coefficient (Wildman–Crippen LogP) is 1.97. The molecule has 1 atom stereocenters. The Kier molecular flexibility index (Phi) is 9.21. The summed E-state index contributed by atoms with van der Waals surface area (Å²) in [6.45, 7) is 4.38. The second kappa shape index (κ2) is 11.2. The molecule has 8 heteroatoms. The minimum atomic E-state index is -0.505. The number of hydrogen-bond donors (Lipinski definition) is 3. The lowest BCUT2D eigenvalue weighted by Crippen LogP contribution is -2.40. The van der Waals surface area contributed by atoms with Crippen LogP contribution in [0.4, 0.5) is 5.82 Å². The molecule has 0 radical (unpaired) electrons. The Balaban J connectivity index is 2.59. The molecule has 1 heterocycles. The summed E-state index contributed by atoms with van der Waals surface area (Å²) in [5, 5.41) is 9.84. The number of aromatic nitrogens is 1. The molecule has 0 unspecified atom stereocenters. The summed E-state index contributed by atoms with van der Waals surface area (Å²) >= 11 is 0. The van der Waals surface area contributed by atoms with Crippen LogP contribution in [-0.2, 0) is 9.59 Å². The fourth-order valence-corrected chi connectivity index (χ4v) is 2.16. The molecule has 8 nitrogen and oxygen atoms in total. The van der Waals surface area contributed by atoms with Crippen molar-refractivity contribution in [3.8, 4) is 5.88 Å². The molecule has 24 heavy (non-hydrogen) atoms. The van der Waals surface area contributed by atoms with Crippen molar-refractivity contribution in [2.75, 3.05) is 18.6 Å². The number of hydrazine groups is 1. The number of carbonyl (C=O) groups excluding carboxylic acids is 2. The van der Waals surface area contributed by atoms with Crippen molar-refractivity contribution < 1.29 is 19.5 Å². The van der Waals surface area contributed by atoms with Gasteiger partial charge in [0.1, 0.15) is 5.82 Å². The summed E-state index contributed by atoms with van der Waals surface area (Å²) in [6.07, 6.45) is 3.73. The van der Waals surface area contributed by atoms with Gasteiger partial charge in [-0.15, -0.1) is 0 Å². The minimum Gasteiger partial charge on any atom is -0.478 e. The Labute approximate surface area is 142 Å². The van der Waals surface area contributed by atoms with E-state index >= 15 is 0 Å². The number of pyridine rings is 1. The molecule has 3 N–H and O–H groups in total. The van der Waals surface area contributed by atoms with Gasteiger partial charge in [0.15, 0.2) is 0 Å². The van der Waals surface area contributed by atoms with Crippen LogP contribution in [0.3, 0.4) is 0 Å². The third-order valence-corrected chi connectivity index (χ3v) is 3.39. The highest BCUT2D eigenvalue weighted by atomic mass is 16.5. The van der Waals surface area contributed by atoms with Gasteiger partial charge < -0.3 is 4.74 Å².